The first-order valence-corrected chi connectivity index (χ1v) is 8.68. The van der Waals surface area contributed by atoms with Crippen LogP contribution in [-0.2, 0) is 14.3 Å². The maximum absolute atomic E-state index is 12.8. The predicted molar refractivity (Wildman–Crippen MR) is 93.3 cm³/mol. The number of hydrogen-bond donors (Lipinski definition) is 1. The van der Waals surface area contributed by atoms with Gasteiger partial charge < -0.3 is 14.7 Å². The van der Waals surface area contributed by atoms with Gasteiger partial charge in [-0.15, -0.1) is 0 Å². The lowest BCUT2D eigenvalue weighted by atomic mass is 10.0. The number of ether oxygens (including phenoxy) is 1. The van der Waals surface area contributed by atoms with Crippen molar-refractivity contribution in [2.75, 3.05) is 13.1 Å². The van der Waals surface area contributed by atoms with E-state index in [-0.39, 0.29) is 30.4 Å². The number of aliphatic carboxylic acids is 1. The molecule has 1 aliphatic heterocycles. The number of carboxylic acid groups (broad SMARTS) is 1. The number of morpholine rings is 1. The van der Waals surface area contributed by atoms with Crippen molar-refractivity contribution in [3.63, 3.8) is 0 Å². The van der Waals surface area contributed by atoms with Crippen LogP contribution in [0.4, 0.5) is 0 Å². The Bertz CT molecular complexity index is 833. The smallest absolute Gasteiger partial charge is 0.334 e. The van der Waals surface area contributed by atoms with Crippen LogP contribution in [0.3, 0.4) is 0 Å². The Balaban J connectivity index is 1.48. The molecule has 1 saturated heterocycles. The Morgan fingerprint density at radius 1 is 1.12 bits per heavy atom. The Hall–Kier alpha value is -2.40. The van der Waals surface area contributed by atoms with E-state index in [9.17, 15) is 14.7 Å². The summed E-state index contributed by atoms with van der Waals surface area (Å²) in [5.41, 5.74) is 1.19. The summed E-state index contributed by atoms with van der Waals surface area (Å²) in [5.74, 6) is -0.759. The zero-order valence-corrected chi connectivity index (χ0v) is 14.1. The van der Waals surface area contributed by atoms with E-state index in [1.165, 1.54) is 16.3 Å². The van der Waals surface area contributed by atoms with Crippen molar-refractivity contribution in [2.45, 2.75) is 31.5 Å². The minimum absolute atomic E-state index is 0.0408. The molecule has 25 heavy (non-hydrogen) atoms. The van der Waals surface area contributed by atoms with Crippen LogP contribution in [-0.4, -0.2) is 47.2 Å². The van der Waals surface area contributed by atoms with Crippen LogP contribution >= 0.6 is 0 Å². The fraction of sp³-hybridized carbons (Fsp3) is 0.400. The molecule has 0 aromatic heterocycles. The number of carboxylic acids is 1. The van der Waals surface area contributed by atoms with Gasteiger partial charge in [0.05, 0.1) is 12.6 Å². The topological polar surface area (TPSA) is 66.8 Å². The highest BCUT2D eigenvalue weighted by atomic mass is 16.5. The Morgan fingerprint density at radius 3 is 2.64 bits per heavy atom. The molecule has 1 heterocycles. The molecule has 0 spiro atoms. The molecule has 2 aromatic rings. The minimum atomic E-state index is -1.01. The zero-order valence-electron chi connectivity index (χ0n) is 14.1. The highest BCUT2D eigenvalue weighted by molar-refractivity contribution is 5.86. The van der Waals surface area contributed by atoms with Crippen molar-refractivity contribution in [2.24, 2.45) is 5.92 Å². The summed E-state index contributed by atoms with van der Waals surface area (Å²) in [6.45, 7) is 2.41. The summed E-state index contributed by atoms with van der Waals surface area (Å²) in [6, 6.07) is 14.6. The molecule has 0 bridgehead atoms. The van der Waals surface area contributed by atoms with Gasteiger partial charge in [-0.25, -0.2) is 4.79 Å². The van der Waals surface area contributed by atoms with Crippen molar-refractivity contribution >= 4 is 22.6 Å². The van der Waals surface area contributed by atoms with E-state index in [4.69, 9.17) is 4.74 Å². The first-order valence-electron chi connectivity index (χ1n) is 8.68. The third kappa shape index (κ3) is 3.12. The Morgan fingerprint density at radius 2 is 1.88 bits per heavy atom. The number of hydrogen-bond acceptors (Lipinski definition) is 3. The molecule has 0 radical (unpaired) electrons. The van der Waals surface area contributed by atoms with E-state index < -0.39 is 12.1 Å². The third-order valence-electron chi connectivity index (χ3n) is 5.16. The van der Waals surface area contributed by atoms with Gasteiger partial charge in [-0.1, -0.05) is 42.5 Å². The lowest BCUT2D eigenvalue weighted by molar-refractivity contribution is -0.167. The normalized spacial score (nSPS) is 28.8. The van der Waals surface area contributed by atoms with Crippen LogP contribution in [0.2, 0.25) is 0 Å². The van der Waals surface area contributed by atoms with Crippen LogP contribution in [0, 0.1) is 5.92 Å². The molecule has 1 aliphatic carbocycles. The molecule has 1 saturated carbocycles. The second-order valence-electron chi connectivity index (χ2n) is 7.07. The zero-order chi connectivity index (χ0) is 17.6. The first-order chi connectivity index (χ1) is 12.0. The van der Waals surface area contributed by atoms with Crippen molar-refractivity contribution in [3.8, 4) is 0 Å². The van der Waals surface area contributed by atoms with Crippen molar-refractivity contribution in [1.29, 1.82) is 0 Å². The summed E-state index contributed by atoms with van der Waals surface area (Å²) < 4.78 is 5.39. The van der Waals surface area contributed by atoms with Gasteiger partial charge >= 0.3 is 5.97 Å². The van der Waals surface area contributed by atoms with Gasteiger partial charge in [0, 0.05) is 12.5 Å². The molecule has 4 atom stereocenters. The Labute approximate surface area is 146 Å². The standard InChI is InChI=1S/C20H21NO4/c1-12-10-21(11-18(25-12)20(23)24)19(22)17-9-16(17)15-7-6-13-4-2-3-5-14(13)8-15/h2-8,12,16-18H,9-11H2,1H3,(H,23,24)/t12-,16?,17?,18?/m1/s1. The summed E-state index contributed by atoms with van der Waals surface area (Å²) in [6.07, 6.45) is -0.345. The number of rotatable bonds is 3. The number of fused-ring (bicyclic) bond motifs is 1. The number of carbonyl (C=O) groups excluding carboxylic acids is 1. The van der Waals surface area contributed by atoms with Crippen molar-refractivity contribution < 1.29 is 19.4 Å². The van der Waals surface area contributed by atoms with Gasteiger partial charge in [-0.2, -0.15) is 0 Å². The van der Waals surface area contributed by atoms with Gasteiger partial charge in [0.2, 0.25) is 5.91 Å². The van der Waals surface area contributed by atoms with Crippen LogP contribution in [0.15, 0.2) is 42.5 Å². The van der Waals surface area contributed by atoms with E-state index in [0.717, 1.165) is 6.42 Å². The molecule has 4 rings (SSSR count). The number of benzene rings is 2. The molecule has 2 aliphatic rings. The number of nitrogens with zero attached hydrogens (tertiary/aromatic N) is 1. The molecule has 2 fully saturated rings. The van der Waals surface area contributed by atoms with E-state index >= 15 is 0 Å². The van der Waals surface area contributed by atoms with Gasteiger partial charge in [-0.3, -0.25) is 4.79 Å². The van der Waals surface area contributed by atoms with Crippen LogP contribution in [0.5, 0.6) is 0 Å². The molecule has 130 valence electrons. The maximum Gasteiger partial charge on any atom is 0.334 e. The largest absolute Gasteiger partial charge is 0.479 e. The minimum Gasteiger partial charge on any atom is -0.479 e. The summed E-state index contributed by atoms with van der Waals surface area (Å²) in [4.78, 5) is 25.7. The van der Waals surface area contributed by atoms with Crippen LogP contribution < -0.4 is 0 Å². The second-order valence-corrected chi connectivity index (χ2v) is 7.07. The molecular weight excluding hydrogens is 318 g/mol. The fourth-order valence-corrected chi connectivity index (χ4v) is 3.78. The number of amides is 1. The summed E-state index contributed by atoms with van der Waals surface area (Å²) >= 11 is 0. The van der Waals surface area contributed by atoms with E-state index in [2.05, 4.69) is 30.3 Å². The quantitative estimate of drug-likeness (QED) is 0.933. The molecule has 5 nitrogen and oxygen atoms in total. The molecule has 5 heteroatoms. The van der Waals surface area contributed by atoms with Crippen LogP contribution in [0.25, 0.3) is 10.8 Å². The van der Waals surface area contributed by atoms with Gasteiger partial charge in [0.1, 0.15) is 0 Å². The van der Waals surface area contributed by atoms with E-state index in [1.54, 1.807) is 4.90 Å². The summed E-state index contributed by atoms with van der Waals surface area (Å²) in [7, 11) is 0. The van der Waals surface area contributed by atoms with E-state index in [0.29, 0.717) is 6.54 Å². The average molecular weight is 339 g/mol. The van der Waals surface area contributed by atoms with Crippen LogP contribution in [0.1, 0.15) is 24.8 Å². The molecule has 1 amide bonds. The van der Waals surface area contributed by atoms with Crippen molar-refractivity contribution in [3.05, 3.63) is 48.0 Å². The van der Waals surface area contributed by atoms with Gasteiger partial charge in [0.25, 0.3) is 0 Å². The van der Waals surface area contributed by atoms with Crippen molar-refractivity contribution in [1.82, 2.24) is 4.90 Å². The molecule has 1 N–H and O–H groups in total. The lowest BCUT2D eigenvalue weighted by Crippen LogP contribution is -2.52. The monoisotopic (exact) mass is 339 g/mol. The number of carbonyl (C=O) groups is 2. The van der Waals surface area contributed by atoms with Gasteiger partial charge in [0.15, 0.2) is 6.10 Å². The Kier molecular flexibility index (Phi) is 3.96. The SMILES string of the molecule is C[C@@H]1CN(C(=O)C2CC2c2ccc3ccccc3c2)CC(C(=O)O)O1. The summed E-state index contributed by atoms with van der Waals surface area (Å²) in [5, 5.41) is 11.6. The predicted octanol–water partition coefficient (Wildman–Crippen LogP) is 2.64. The fourth-order valence-electron chi connectivity index (χ4n) is 3.78. The highest BCUT2D eigenvalue weighted by Gasteiger charge is 2.47. The lowest BCUT2D eigenvalue weighted by Gasteiger charge is -2.35. The molecule has 3 unspecified atom stereocenters. The first kappa shape index (κ1) is 16.1. The molecular formula is C20H21NO4. The second kappa shape index (κ2) is 6.15. The molecule has 2 aromatic carbocycles. The average Bonchev–Trinajstić information content (AvgIpc) is 3.41. The highest BCUT2D eigenvalue weighted by Crippen LogP contribution is 2.49. The maximum atomic E-state index is 12.8. The van der Waals surface area contributed by atoms with Gasteiger partial charge in [-0.05, 0) is 35.6 Å². The third-order valence-corrected chi connectivity index (χ3v) is 5.16. The van der Waals surface area contributed by atoms with E-state index in [1.807, 2.05) is 19.1 Å².